The lowest BCUT2D eigenvalue weighted by Gasteiger charge is -2.20. The molecule has 0 spiro atoms. The lowest BCUT2D eigenvalue weighted by molar-refractivity contribution is -0.127. The lowest BCUT2D eigenvalue weighted by Crippen LogP contribution is -2.42. The molecule has 0 fully saturated rings. The van der Waals surface area contributed by atoms with E-state index in [1.165, 1.54) is 0 Å². The van der Waals surface area contributed by atoms with Crippen LogP contribution in [0.3, 0.4) is 0 Å². The van der Waals surface area contributed by atoms with Crippen molar-refractivity contribution < 1.29 is 28.5 Å². The topological polar surface area (TPSA) is 75.3 Å². The number of ether oxygens (including phenoxy) is 5. The third-order valence-corrected chi connectivity index (χ3v) is 2.83. The molecule has 0 rings (SSSR count). The molecule has 0 unspecified atom stereocenters. The minimum atomic E-state index is -0.238. The van der Waals surface area contributed by atoms with E-state index in [0.717, 1.165) is 6.42 Å². The van der Waals surface area contributed by atoms with E-state index in [9.17, 15) is 4.79 Å². The molecule has 0 saturated carbocycles. The third-order valence-electron chi connectivity index (χ3n) is 2.83. The summed E-state index contributed by atoms with van der Waals surface area (Å²) in [5.41, 5.74) is -0.328. The van der Waals surface area contributed by atoms with Gasteiger partial charge in [0.1, 0.15) is 6.61 Å². The maximum absolute atomic E-state index is 11.5. The van der Waals surface area contributed by atoms with Crippen molar-refractivity contribution in [3.8, 4) is 0 Å². The van der Waals surface area contributed by atoms with Gasteiger partial charge in [-0.05, 0) is 48.0 Å². The van der Waals surface area contributed by atoms with Crippen LogP contribution in [-0.4, -0.2) is 76.5 Å². The highest BCUT2D eigenvalue weighted by Crippen LogP contribution is 2.06. The minimum Gasteiger partial charge on any atom is -0.379 e. The Morgan fingerprint density at radius 1 is 0.692 bits per heavy atom. The van der Waals surface area contributed by atoms with Gasteiger partial charge in [-0.15, -0.1) is 0 Å². The molecule has 0 aromatic carbocycles. The molecule has 0 bridgehead atoms. The molecule has 7 nitrogen and oxygen atoms in total. The number of nitrogens with one attached hydrogen (secondary N) is 1. The van der Waals surface area contributed by atoms with Crippen LogP contribution >= 0.6 is 0 Å². The van der Waals surface area contributed by atoms with Gasteiger partial charge in [-0.2, -0.15) is 0 Å². The van der Waals surface area contributed by atoms with Crippen LogP contribution in [0.4, 0.5) is 0 Å². The molecule has 0 aliphatic heterocycles. The molecule has 7 heteroatoms. The minimum absolute atomic E-state index is 0.0509. The molecule has 156 valence electrons. The highest BCUT2D eigenvalue weighted by Gasteiger charge is 2.13. The molecule has 0 aromatic rings. The Morgan fingerprint density at radius 3 is 1.62 bits per heavy atom. The summed E-state index contributed by atoms with van der Waals surface area (Å²) >= 11 is 0. The zero-order valence-electron chi connectivity index (χ0n) is 17.5. The van der Waals surface area contributed by atoms with Crippen LogP contribution in [-0.2, 0) is 28.5 Å². The Bertz CT molecular complexity index is 349. The smallest absolute Gasteiger partial charge is 0.246 e. The summed E-state index contributed by atoms with van der Waals surface area (Å²) in [4.78, 5) is 11.5. The van der Waals surface area contributed by atoms with Gasteiger partial charge in [0.25, 0.3) is 0 Å². The van der Waals surface area contributed by atoms with Gasteiger partial charge >= 0.3 is 0 Å². The van der Waals surface area contributed by atoms with E-state index in [-0.39, 0.29) is 23.7 Å². The van der Waals surface area contributed by atoms with E-state index >= 15 is 0 Å². The summed E-state index contributed by atoms with van der Waals surface area (Å²) in [6.07, 6.45) is 0.883. The SMILES string of the molecule is CC(C)(C)NC(=O)COCCOCCOCCOCCCOC(C)(C)C. The average Bonchev–Trinajstić information content (AvgIpc) is 2.48. The summed E-state index contributed by atoms with van der Waals surface area (Å²) in [5.74, 6) is -0.120. The van der Waals surface area contributed by atoms with Crippen LogP contribution < -0.4 is 5.32 Å². The fourth-order valence-electron chi connectivity index (χ4n) is 1.82. The van der Waals surface area contributed by atoms with Gasteiger partial charge in [-0.25, -0.2) is 0 Å². The molecule has 1 amide bonds. The molecular weight excluding hydrogens is 338 g/mol. The molecule has 0 aromatic heterocycles. The molecule has 0 aliphatic rings. The Morgan fingerprint density at radius 2 is 1.15 bits per heavy atom. The Kier molecular flexibility index (Phi) is 13.9. The maximum Gasteiger partial charge on any atom is 0.246 e. The molecule has 0 atom stereocenters. The van der Waals surface area contributed by atoms with Crippen molar-refractivity contribution in [1.82, 2.24) is 5.32 Å². The van der Waals surface area contributed by atoms with Gasteiger partial charge in [0.2, 0.25) is 5.91 Å². The molecule has 26 heavy (non-hydrogen) atoms. The first-order valence-corrected chi connectivity index (χ1v) is 9.36. The van der Waals surface area contributed by atoms with Gasteiger partial charge in [-0.3, -0.25) is 4.79 Å². The second-order valence-corrected chi connectivity index (χ2v) is 8.00. The summed E-state index contributed by atoms with van der Waals surface area (Å²) in [5, 5.41) is 2.83. The highest BCUT2D eigenvalue weighted by atomic mass is 16.6. The number of amides is 1. The van der Waals surface area contributed by atoms with Gasteiger partial charge < -0.3 is 29.0 Å². The first kappa shape index (κ1) is 25.3. The van der Waals surface area contributed by atoms with E-state index in [4.69, 9.17) is 23.7 Å². The Hall–Kier alpha value is -0.730. The largest absolute Gasteiger partial charge is 0.379 e. The van der Waals surface area contributed by atoms with Crippen LogP contribution in [0.2, 0.25) is 0 Å². The molecule has 0 radical (unpaired) electrons. The summed E-state index contributed by atoms with van der Waals surface area (Å²) in [7, 11) is 0. The van der Waals surface area contributed by atoms with Crippen LogP contribution in [0.5, 0.6) is 0 Å². The van der Waals surface area contributed by atoms with E-state index in [1.54, 1.807) is 0 Å². The molecule has 0 saturated heterocycles. The van der Waals surface area contributed by atoms with Crippen molar-refractivity contribution in [3.63, 3.8) is 0 Å². The van der Waals surface area contributed by atoms with E-state index in [0.29, 0.717) is 52.9 Å². The Labute approximate surface area is 159 Å². The normalized spacial score (nSPS) is 12.4. The van der Waals surface area contributed by atoms with Gasteiger partial charge in [0.05, 0.1) is 45.2 Å². The number of rotatable bonds is 15. The quantitative estimate of drug-likeness (QED) is 0.441. The predicted molar refractivity (Wildman–Crippen MR) is 101 cm³/mol. The standard InChI is InChI=1S/C19H39NO6/c1-18(2,3)20-17(21)16-25-15-14-24-13-12-23-11-10-22-8-7-9-26-19(4,5)6/h7-16H2,1-6H3,(H,20,21). The molecule has 1 N–H and O–H groups in total. The van der Waals surface area contributed by atoms with Crippen molar-refractivity contribution >= 4 is 5.91 Å². The number of hydrogen-bond acceptors (Lipinski definition) is 6. The zero-order valence-corrected chi connectivity index (χ0v) is 17.5. The van der Waals surface area contributed by atoms with Gasteiger partial charge in [0, 0.05) is 18.8 Å². The highest BCUT2D eigenvalue weighted by molar-refractivity contribution is 5.77. The van der Waals surface area contributed by atoms with Crippen molar-refractivity contribution in [2.45, 2.75) is 59.1 Å². The maximum atomic E-state index is 11.5. The fourth-order valence-corrected chi connectivity index (χ4v) is 1.82. The van der Waals surface area contributed by atoms with Crippen LogP contribution in [0.15, 0.2) is 0 Å². The zero-order chi connectivity index (χ0) is 19.9. The Balaban J connectivity index is 3.19. The summed E-state index contributed by atoms with van der Waals surface area (Å²) in [6.45, 7) is 16.3. The van der Waals surface area contributed by atoms with Crippen LogP contribution in [0.1, 0.15) is 48.0 Å². The van der Waals surface area contributed by atoms with Crippen LogP contribution in [0, 0.1) is 0 Å². The molecule has 0 aliphatic carbocycles. The lowest BCUT2D eigenvalue weighted by atomic mass is 10.1. The monoisotopic (exact) mass is 377 g/mol. The van der Waals surface area contributed by atoms with Crippen LogP contribution in [0.25, 0.3) is 0 Å². The summed E-state index contributed by atoms with van der Waals surface area (Å²) < 4.78 is 27.1. The van der Waals surface area contributed by atoms with E-state index in [1.807, 2.05) is 41.5 Å². The number of carbonyl (C=O) groups excluding carboxylic acids is 1. The molecular formula is C19H39NO6. The predicted octanol–water partition coefficient (Wildman–Crippen LogP) is 2.17. The summed E-state index contributed by atoms with van der Waals surface area (Å²) in [6, 6.07) is 0. The van der Waals surface area contributed by atoms with Gasteiger partial charge in [-0.1, -0.05) is 0 Å². The fraction of sp³-hybridized carbons (Fsp3) is 0.947. The average molecular weight is 378 g/mol. The van der Waals surface area contributed by atoms with Crippen molar-refractivity contribution in [2.24, 2.45) is 0 Å². The second kappa shape index (κ2) is 14.3. The first-order chi connectivity index (χ1) is 12.1. The van der Waals surface area contributed by atoms with Crippen molar-refractivity contribution in [1.29, 1.82) is 0 Å². The molecule has 0 heterocycles. The third kappa shape index (κ3) is 21.3. The van der Waals surface area contributed by atoms with E-state index < -0.39 is 0 Å². The van der Waals surface area contributed by atoms with Crippen molar-refractivity contribution in [2.75, 3.05) is 59.5 Å². The van der Waals surface area contributed by atoms with Gasteiger partial charge in [0.15, 0.2) is 0 Å². The number of hydrogen-bond donors (Lipinski definition) is 1. The second-order valence-electron chi connectivity index (χ2n) is 8.00. The van der Waals surface area contributed by atoms with E-state index in [2.05, 4.69) is 5.32 Å². The first-order valence-electron chi connectivity index (χ1n) is 9.36. The number of carbonyl (C=O) groups is 1. The van der Waals surface area contributed by atoms with Crippen molar-refractivity contribution in [3.05, 3.63) is 0 Å².